The number of aromatic nitrogens is 1. The van der Waals surface area contributed by atoms with Crippen molar-refractivity contribution in [1.29, 1.82) is 0 Å². The molecule has 1 aliphatic heterocycles. The van der Waals surface area contributed by atoms with E-state index in [9.17, 15) is 4.79 Å². The monoisotopic (exact) mass is 471 g/mol. The number of carbonyl (C=O) groups excluding carboxylic acids is 1. The van der Waals surface area contributed by atoms with Crippen LogP contribution in [0.2, 0.25) is 0 Å². The summed E-state index contributed by atoms with van der Waals surface area (Å²) in [5, 5.41) is 5.85. The van der Waals surface area contributed by atoms with Gasteiger partial charge in [-0.25, -0.2) is 9.78 Å². The highest BCUT2D eigenvalue weighted by Crippen LogP contribution is 2.21. The zero-order valence-electron chi connectivity index (χ0n) is 21.3. The van der Waals surface area contributed by atoms with E-state index in [1.165, 1.54) is 11.1 Å². The van der Waals surface area contributed by atoms with Gasteiger partial charge >= 0.3 is 6.03 Å². The molecule has 1 saturated heterocycles. The second-order valence-electron chi connectivity index (χ2n) is 9.76. The van der Waals surface area contributed by atoms with Crippen molar-refractivity contribution in [3.8, 4) is 0 Å². The fraction of sp³-hybridized carbons (Fsp3) is 0.379. The largest absolute Gasteiger partial charge is 0.355 e. The van der Waals surface area contributed by atoms with Gasteiger partial charge in [0.1, 0.15) is 5.82 Å². The zero-order chi connectivity index (χ0) is 24.8. The molecule has 2 heterocycles. The van der Waals surface area contributed by atoms with E-state index in [-0.39, 0.29) is 6.03 Å². The Morgan fingerprint density at radius 3 is 2.31 bits per heavy atom. The summed E-state index contributed by atoms with van der Waals surface area (Å²) in [7, 11) is 0. The summed E-state index contributed by atoms with van der Waals surface area (Å²) in [4.78, 5) is 22.0. The maximum Gasteiger partial charge on any atom is 0.323 e. The minimum atomic E-state index is -0.260. The van der Waals surface area contributed by atoms with E-state index in [4.69, 9.17) is 0 Å². The van der Waals surface area contributed by atoms with E-state index < -0.39 is 0 Å². The first-order valence-corrected chi connectivity index (χ1v) is 12.6. The number of carbonyl (C=O) groups is 1. The number of para-hydroxylation sites is 1. The number of aryl methyl sites for hydroxylation is 2. The van der Waals surface area contributed by atoms with Crippen molar-refractivity contribution in [2.75, 3.05) is 41.7 Å². The minimum absolute atomic E-state index is 0.260. The van der Waals surface area contributed by atoms with Gasteiger partial charge in [-0.15, -0.1) is 0 Å². The van der Waals surface area contributed by atoms with Crippen molar-refractivity contribution < 1.29 is 4.79 Å². The maximum absolute atomic E-state index is 12.5. The molecular weight excluding hydrogens is 434 g/mol. The van der Waals surface area contributed by atoms with Crippen LogP contribution in [-0.4, -0.2) is 42.1 Å². The molecule has 1 aliphatic rings. The number of rotatable bonds is 6. The summed E-state index contributed by atoms with van der Waals surface area (Å²) in [5.74, 6) is 1.52. The topological polar surface area (TPSA) is 60.5 Å². The second-order valence-corrected chi connectivity index (χ2v) is 9.76. The SMILES string of the molecule is Cc1cccc(C)c1NC(=O)Nc1ccc(N2CCCN(Cc3ccc(C(C)C)cc3)CC2)nc1. The van der Waals surface area contributed by atoms with Gasteiger partial charge in [0, 0.05) is 38.4 Å². The molecule has 2 aromatic carbocycles. The summed E-state index contributed by atoms with van der Waals surface area (Å²) >= 11 is 0. The molecule has 0 radical (unpaired) electrons. The van der Waals surface area contributed by atoms with Crippen molar-refractivity contribution >= 4 is 23.2 Å². The van der Waals surface area contributed by atoms with E-state index in [0.29, 0.717) is 11.6 Å². The Balaban J connectivity index is 1.30. The first kappa shape index (κ1) is 24.7. The normalized spacial score (nSPS) is 14.6. The quantitative estimate of drug-likeness (QED) is 0.451. The molecule has 4 rings (SSSR count). The molecule has 184 valence electrons. The van der Waals surface area contributed by atoms with E-state index in [1.807, 2.05) is 44.2 Å². The van der Waals surface area contributed by atoms with Gasteiger partial charge < -0.3 is 15.5 Å². The molecule has 3 aromatic rings. The average molecular weight is 472 g/mol. The highest BCUT2D eigenvalue weighted by molar-refractivity contribution is 6.00. The van der Waals surface area contributed by atoms with Crippen LogP contribution < -0.4 is 15.5 Å². The molecule has 1 fully saturated rings. The Bertz CT molecular complexity index is 1100. The van der Waals surface area contributed by atoms with Gasteiger partial charge in [-0.3, -0.25) is 4.90 Å². The van der Waals surface area contributed by atoms with Crippen LogP contribution in [0.3, 0.4) is 0 Å². The summed E-state index contributed by atoms with van der Waals surface area (Å²) in [6.07, 6.45) is 2.84. The summed E-state index contributed by atoms with van der Waals surface area (Å²) < 4.78 is 0. The van der Waals surface area contributed by atoms with Crippen LogP contribution >= 0.6 is 0 Å². The molecule has 0 bridgehead atoms. The van der Waals surface area contributed by atoms with Gasteiger partial charge in [-0.2, -0.15) is 0 Å². The van der Waals surface area contributed by atoms with E-state index in [0.717, 1.165) is 61.8 Å². The van der Waals surface area contributed by atoms with Gasteiger partial charge in [0.2, 0.25) is 0 Å². The highest BCUT2D eigenvalue weighted by atomic mass is 16.2. The predicted molar refractivity (Wildman–Crippen MR) is 145 cm³/mol. The number of benzene rings is 2. The molecule has 0 aliphatic carbocycles. The van der Waals surface area contributed by atoms with E-state index >= 15 is 0 Å². The zero-order valence-corrected chi connectivity index (χ0v) is 21.3. The van der Waals surface area contributed by atoms with Gasteiger partial charge in [0.15, 0.2) is 0 Å². The summed E-state index contributed by atoms with van der Waals surface area (Å²) in [6.45, 7) is 13.4. The Morgan fingerprint density at radius 2 is 1.66 bits per heavy atom. The number of amides is 2. The minimum Gasteiger partial charge on any atom is -0.355 e. The maximum atomic E-state index is 12.5. The lowest BCUT2D eigenvalue weighted by atomic mass is 10.0. The second kappa shape index (κ2) is 11.4. The average Bonchev–Trinajstić information content (AvgIpc) is 3.08. The van der Waals surface area contributed by atoms with E-state index in [1.54, 1.807) is 6.20 Å². The standard InChI is InChI=1S/C29H37N5O/c1-21(2)25-11-9-24(10-12-25)20-33-15-6-16-34(18-17-33)27-14-13-26(19-30-27)31-29(35)32-28-22(3)7-5-8-23(28)4/h5,7-14,19,21H,6,15-18,20H2,1-4H3,(H2,31,32,35). The molecule has 0 saturated carbocycles. The molecule has 0 spiro atoms. The number of anilines is 3. The molecule has 1 aromatic heterocycles. The Kier molecular flexibility index (Phi) is 8.03. The number of hydrogen-bond acceptors (Lipinski definition) is 4. The molecule has 35 heavy (non-hydrogen) atoms. The molecule has 6 heteroatoms. The lowest BCUT2D eigenvalue weighted by Gasteiger charge is -2.23. The number of nitrogens with one attached hydrogen (secondary N) is 2. The summed E-state index contributed by atoms with van der Waals surface area (Å²) in [5.41, 5.74) is 6.37. The fourth-order valence-corrected chi connectivity index (χ4v) is 4.56. The highest BCUT2D eigenvalue weighted by Gasteiger charge is 2.17. The van der Waals surface area contributed by atoms with Crippen LogP contribution in [0.5, 0.6) is 0 Å². The lowest BCUT2D eigenvalue weighted by Crippen LogP contribution is -2.31. The van der Waals surface area contributed by atoms with Crippen LogP contribution in [0.1, 0.15) is 48.4 Å². The molecular formula is C29H37N5O. The number of urea groups is 1. The molecule has 0 unspecified atom stereocenters. The fourth-order valence-electron chi connectivity index (χ4n) is 4.56. The first-order valence-electron chi connectivity index (χ1n) is 12.6. The Morgan fingerprint density at radius 1 is 0.914 bits per heavy atom. The van der Waals surface area contributed by atoms with Crippen LogP contribution in [0, 0.1) is 13.8 Å². The Hall–Kier alpha value is -3.38. The Labute approximate surface area is 209 Å². The van der Waals surface area contributed by atoms with Crippen LogP contribution in [0.15, 0.2) is 60.8 Å². The van der Waals surface area contributed by atoms with Gasteiger partial charge in [-0.05, 0) is 60.6 Å². The van der Waals surface area contributed by atoms with Crippen LogP contribution in [0.25, 0.3) is 0 Å². The third-order valence-corrected chi connectivity index (χ3v) is 6.69. The molecule has 2 N–H and O–H groups in total. The lowest BCUT2D eigenvalue weighted by molar-refractivity contribution is 0.262. The van der Waals surface area contributed by atoms with Crippen molar-refractivity contribution in [3.05, 3.63) is 83.0 Å². The number of nitrogens with zero attached hydrogens (tertiary/aromatic N) is 3. The molecule has 2 amide bonds. The van der Waals surface area contributed by atoms with Crippen molar-refractivity contribution in [2.24, 2.45) is 0 Å². The van der Waals surface area contributed by atoms with E-state index in [2.05, 4.69) is 63.5 Å². The molecule has 6 nitrogen and oxygen atoms in total. The van der Waals surface area contributed by atoms with Crippen LogP contribution in [-0.2, 0) is 6.54 Å². The summed E-state index contributed by atoms with van der Waals surface area (Å²) in [6, 6.07) is 18.7. The molecule has 0 atom stereocenters. The smallest absolute Gasteiger partial charge is 0.323 e. The first-order chi connectivity index (χ1) is 16.9. The van der Waals surface area contributed by atoms with Gasteiger partial charge in [0.05, 0.1) is 11.9 Å². The van der Waals surface area contributed by atoms with Crippen molar-refractivity contribution in [2.45, 2.75) is 46.6 Å². The number of pyridine rings is 1. The predicted octanol–water partition coefficient (Wildman–Crippen LogP) is 6.18. The van der Waals surface area contributed by atoms with Crippen molar-refractivity contribution in [3.63, 3.8) is 0 Å². The van der Waals surface area contributed by atoms with Crippen LogP contribution in [0.4, 0.5) is 22.0 Å². The van der Waals surface area contributed by atoms with Gasteiger partial charge in [0.25, 0.3) is 0 Å². The third-order valence-electron chi connectivity index (χ3n) is 6.69. The van der Waals surface area contributed by atoms with Gasteiger partial charge in [-0.1, -0.05) is 56.3 Å². The number of hydrogen-bond donors (Lipinski definition) is 2. The van der Waals surface area contributed by atoms with Crippen molar-refractivity contribution in [1.82, 2.24) is 9.88 Å². The third kappa shape index (κ3) is 6.61.